The monoisotopic (exact) mass is 485 g/mol. The molecule has 11 heteroatoms. The summed E-state index contributed by atoms with van der Waals surface area (Å²) >= 11 is 12.1. The lowest BCUT2D eigenvalue weighted by Gasteiger charge is -2.19. The van der Waals surface area contributed by atoms with Crippen LogP contribution in [0.4, 0.5) is 5.69 Å². The number of hydrogen-bond donors (Lipinski definition) is 1. The number of halogens is 2. The first-order valence-corrected chi connectivity index (χ1v) is 11.8. The number of oxazole rings is 1. The van der Waals surface area contributed by atoms with Gasteiger partial charge in [-0.05, 0) is 30.3 Å². The Balaban J connectivity index is 1.77. The Labute approximate surface area is 189 Å². The second kappa shape index (κ2) is 9.44. The van der Waals surface area contributed by atoms with Crippen LogP contribution in [-0.2, 0) is 21.4 Å². The van der Waals surface area contributed by atoms with Crippen LogP contribution in [0.15, 0.2) is 50.5 Å². The highest BCUT2D eigenvalue weighted by atomic mass is 35.5. The second-order valence-electron chi connectivity index (χ2n) is 6.66. The molecule has 0 aliphatic rings. The number of fused-ring (bicyclic) bond motifs is 1. The zero-order chi connectivity index (χ0) is 22.8. The molecule has 0 aliphatic carbocycles. The third kappa shape index (κ3) is 4.95. The molecule has 0 aliphatic heterocycles. The first-order valence-electron chi connectivity index (χ1n) is 9.55. The molecular weight excluding hydrogens is 465 g/mol. The molecule has 1 aromatic heterocycles. The average molecular weight is 486 g/mol. The van der Waals surface area contributed by atoms with Gasteiger partial charge in [-0.2, -0.15) is 4.31 Å². The van der Waals surface area contributed by atoms with Crippen molar-refractivity contribution in [2.24, 2.45) is 0 Å². The van der Waals surface area contributed by atoms with E-state index in [2.05, 4.69) is 5.32 Å². The number of amides is 1. The summed E-state index contributed by atoms with van der Waals surface area (Å²) in [5.41, 5.74) is 1.03. The lowest BCUT2D eigenvalue weighted by atomic mass is 10.3. The number of rotatable bonds is 8. The van der Waals surface area contributed by atoms with E-state index in [0.717, 1.165) is 0 Å². The van der Waals surface area contributed by atoms with Gasteiger partial charge in [0.05, 0.1) is 21.1 Å². The maximum atomic E-state index is 12.7. The molecule has 1 amide bonds. The lowest BCUT2D eigenvalue weighted by Crippen LogP contribution is -2.30. The van der Waals surface area contributed by atoms with Gasteiger partial charge in [-0.1, -0.05) is 37.0 Å². The van der Waals surface area contributed by atoms with Crippen LogP contribution in [0, 0.1) is 0 Å². The number of nitrogens with one attached hydrogen (secondary N) is 1. The maximum absolute atomic E-state index is 12.7. The minimum absolute atomic E-state index is 0.0322. The van der Waals surface area contributed by atoms with Crippen molar-refractivity contribution in [1.82, 2.24) is 8.87 Å². The Morgan fingerprint density at radius 2 is 1.84 bits per heavy atom. The van der Waals surface area contributed by atoms with Gasteiger partial charge in [-0.25, -0.2) is 13.2 Å². The van der Waals surface area contributed by atoms with E-state index in [0.29, 0.717) is 29.2 Å². The Morgan fingerprint density at radius 1 is 1.13 bits per heavy atom. The van der Waals surface area contributed by atoms with Gasteiger partial charge < -0.3 is 9.73 Å². The summed E-state index contributed by atoms with van der Waals surface area (Å²) in [5.74, 6) is -1.04. The standard InChI is InChI=1S/C20H21Cl2N3O5S/c1-3-24(4-2)31(28,29)14-6-7-15(22)16(12-14)23-19(26)9-10-25-17-8-5-13(21)11-18(17)30-20(25)27/h5-8,11-12H,3-4,9-10H2,1-2H3,(H,23,26). The fraction of sp³-hybridized carbons (Fsp3) is 0.300. The summed E-state index contributed by atoms with van der Waals surface area (Å²) < 4.78 is 33.2. The fourth-order valence-electron chi connectivity index (χ4n) is 3.15. The quantitative estimate of drug-likeness (QED) is 0.520. The van der Waals surface area contributed by atoms with E-state index in [-0.39, 0.29) is 28.6 Å². The van der Waals surface area contributed by atoms with Crippen molar-refractivity contribution in [3.63, 3.8) is 0 Å². The molecule has 31 heavy (non-hydrogen) atoms. The van der Waals surface area contributed by atoms with Crippen molar-refractivity contribution in [3.8, 4) is 0 Å². The van der Waals surface area contributed by atoms with Crippen molar-refractivity contribution < 1.29 is 17.6 Å². The zero-order valence-electron chi connectivity index (χ0n) is 16.9. The molecule has 1 N–H and O–H groups in total. The van der Waals surface area contributed by atoms with E-state index in [9.17, 15) is 18.0 Å². The highest BCUT2D eigenvalue weighted by molar-refractivity contribution is 7.89. The molecule has 2 aromatic carbocycles. The summed E-state index contributed by atoms with van der Waals surface area (Å²) in [7, 11) is -3.70. The van der Waals surface area contributed by atoms with Gasteiger partial charge in [-0.3, -0.25) is 9.36 Å². The first-order chi connectivity index (χ1) is 14.7. The van der Waals surface area contributed by atoms with Gasteiger partial charge >= 0.3 is 5.76 Å². The van der Waals surface area contributed by atoms with E-state index in [4.69, 9.17) is 27.6 Å². The molecule has 0 atom stereocenters. The summed E-state index contributed by atoms with van der Waals surface area (Å²) in [5, 5.41) is 3.25. The number of aryl methyl sites for hydroxylation is 1. The molecule has 0 fully saturated rings. The largest absolute Gasteiger partial charge is 0.419 e. The van der Waals surface area contributed by atoms with Crippen LogP contribution in [-0.4, -0.2) is 36.3 Å². The molecule has 1 heterocycles. The van der Waals surface area contributed by atoms with Gasteiger partial charge in [-0.15, -0.1) is 0 Å². The molecule has 0 radical (unpaired) electrons. The molecule has 0 saturated carbocycles. The highest BCUT2D eigenvalue weighted by Crippen LogP contribution is 2.27. The molecule has 3 aromatic rings. The minimum atomic E-state index is -3.70. The van der Waals surface area contributed by atoms with Crippen LogP contribution in [0.2, 0.25) is 10.0 Å². The number of sulfonamides is 1. The SMILES string of the molecule is CCN(CC)S(=O)(=O)c1ccc(Cl)c(NC(=O)CCn2c(=O)oc3cc(Cl)ccc32)c1. The number of carbonyl (C=O) groups excluding carboxylic acids is 1. The minimum Gasteiger partial charge on any atom is -0.408 e. The van der Waals surface area contributed by atoms with Crippen molar-refractivity contribution in [3.05, 3.63) is 57.0 Å². The third-order valence-corrected chi connectivity index (χ3v) is 7.36. The van der Waals surface area contributed by atoms with Crippen LogP contribution in [0.3, 0.4) is 0 Å². The number of benzene rings is 2. The van der Waals surface area contributed by atoms with E-state index in [1.54, 1.807) is 26.0 Å². The predicted octanol–water partition coefficient (Wildman–Crippen LogP) is 3.96. The van der Waals surface area contributed by atoms with Crippen molar-refractivity contribution in [2.75, 3.05) is 18.4 Å². The topological polar surface area (TPSA) is 102 Å². The number of aromatic nitrogens is 1. The molecular formula is C20H21Cl2N3O5S. The van der Waals surface area contributed by atoms with Crippen LogP contribution in [0.5, 0.6) is 0 Å². The van der Waals surface area contributed by atoms with E-state index in [1.807, 2.05) is 0 Å². The highest BCUT2D eigenvalue weighted by Gasteiger charge is 2.23. The van der Waals surface area contributed by atoms with Crippen molar-refractivity contribution in [2.45, 2.75) is 31.7 Å². The number of anilines is 1. The molecule has 8 nitrogen and oxygen atoms in total. The van der Waals surface area contributed by atoms with Gasteiger partial charge in [0.1, 0.15) is 0 Å². The molecule has 0 saturated heterocycles. The van der Waals surface area contributed by atoms with E-state index in [1.165, 1.54) is 33.1 Å². The predicted molar refractivity (Wildman–Crippen MR) is 120 cm³/mol. The number of hydrogen-bond acceptors (Lipinski definition) is 5. The third-order valence-electron chi connectivity index (χ3n) is 4.75. The first kappa shape index (κ1) is 23.3. The average Bonchev–Trinajstić information content (AvgIpc) is 3.02. The normalized spacial score (nSPS) is 11.9. The number of nitrogens with zero attached hydrogens (tertiary/aromatic N) is 2. The van der Waals surface area contributed by atoms with Crippen LogP contribution >= 0.6 is 23.2 Å². The molecule has 3 rings (SSSR count). The second-order valence-corrected chi connectivity index (χ2v) is 9.44. The Morgan fingerprint density at radius 3 is 2.52 bits per heavy atom. The van der Waals surface area contributed by atoms with Crippen LogP contribution < -0.4 is 11.1 Å². The van der Waals surface area contributed by atoms with Crippen molar-refractivity contribution in [1.29, 1.82) is 0 Å². The van der Waals surface area contributed by atoms with Crippen LogP contribution in [0.25, 0.3) is 11.1 Å². The Hall–Kier alpha value is -2.33. The Bertz CT molecular complexity index is 1280. The van der Waals surface area contributed by atoms with Gasteiger partial charge in [0.25, 0.3) is 0 Å². The Kier molecular flexibility index (Phi) is 7.10. The van der Waals surface area contributed by atoms with Gasteiger partial charge in [0, 0.05) is 37.1 Å². The molecule has 0 bridgehead atoms. The summed E-state index contributed by atoms with van der Waals surface area (Å²) in [4.78, 5) is 24.6. The van der Waals surface area contributed by atoms with E-state index >= 15 is 0 Å². The van der Waals surface area contributed by atoms with Crippen molar-refractivity contribution >= 4 is 55.9 Å². The molecule has 166 valence electrons. The van der Waals surface area contributed by atoms with Gasteiger partial charge in [0.15, 0.2) is 5.58 Å². The number of carbonyl (C=O) groups is 1. The fourth-order valence-corrected chi connectivity index (χ4v) is 4.96. The summed E-state index contributed by atoms with van der Waals surface area (Å²) in [6.45, 7) is 4.20. The van der Waals surface area contributed by atoms with Gasteiger partial charge in [0.2, 0.25) is 15.9 Å². The summed E-state index contributed by atoms with van der Waals surface area (Å²) in [6, 6.07) is 8.93. The molecule has 0 unspecified atom stereocenters. The van der Waals surface area contributed by atoms with Crippen LogP contribution in [0.1, 0.15) is 20.3 Å². The smallest absolute Gasteiger partial charge is 0.408 e. The van der Waals surface area contributed by atoms with E-state index < -0.39 is 21.7 Å². The zero-order valence-corrected chi connectivity index (χ0v) is 19.2. The lowest BCUT2D eigenvalue weighted by molar-refractivity contribution is -0.116. The maximum Gasteiger partial charge on any atom is 0.419 e. The molecule has 0 spiro atoms. The summed E-state index contributed by atoms with van der Waals surface area (Å²) in [6.07, 6.45) is -0.0550.